The number of nitrogens with zero attached hydrogens (tertiary/aromatic N) is 1. The molecule has 2 saturated carbocycles. The van der Waals surface area contributed by atoms with Crippen LogP contribution >= 0.6 is 11.6 Å². The van der Waals surface area contributed by atoms with Crippen molar-refractivity contribution in [2.75, 3.05) is 19.0 Å². The Balaban J connectivity index is 1.42. The zero-order valence-corrected chi connectivity index (χ0v) is 19.1. The van der Waals surface area contributed by atoms with Crippen molar-refractivity contribution in [3.8, 4) is 5.75 Å². The predicted octanol–water partition coefficient (Wildman–Crippen LogP) is 2.89. The number of carbonyl (C=O) groups is 4. The number of rotatable bonds is 7. The van der Waals surface area contributed by atoms with E-state index in [1.807, 2.05) is 0 Å². The van der Waals surface area contributed by atoms with Crippen molar-refractivity contribution in [1.29, 1.82) is 0 Å². The van der Waals surface area contributed by atoms with Crippen LogP contribution in [0.5, 0.6) is 5.75 Å². The maximum atomic E-state index is 13.1. The second-order valence-corrected chi connectivity index (χ2v) is 9.56. The summed E-state index contributed by atoms with van der Waals surface area (Å²) in [5.41, 5.74) is 0.342. The third kappa shape index (κ3) is 3.85. The molecule has 0 radical (unpaired) electrons. The molecule has 0 spiro atoms. The van der Waals surface area contributed by atoms with Gasteiger partial charge in [-0.1, -0.05) is 25.4 Å². The van der Waals surface area contributed by atoms with Crippen molar-refractivity contribution in [1.82, 2.24) is 4.90 Å². The molecule has 1 aromatic carbocycles. The molecule has 2 bridgehead atoms. The molecule has 1 N–H and O–H groups in total. The molecule has 5 atom stereocenters. The summed E-state index contributed by atoms with van der Waals surface area (Å²) >= 11 is 5.96. The number of amides is 3. The Labute approximate surface area is 191 Å². The molecule has 1 aromatic rings. The number of anilines is 1. The average Bonchev–Trinajstić information content (AvgIpc) is 3.42. The third-order valence-corrected chi connectivity index (χ3v) is 7.13. The van der Waals surface area contributed by atoms with Crippen molar-refractivity contribution in [3.05, 3.63) is 23.2 Å². The van der Waals surface area contributed by atoms with Crippen molar-refractivity contribution in [2.24, 2.45) is 29.6 Å². The lowest BCUT2D eigenvalue weighted by atomic mass is 9.81. The van der Waals surface area contributed by atoms with Crippen LogP contribution in [-0.4, -0.2) is 48.3 Å². The van der Waals surface area contributed by atoms with Crippen LogP contribution in [0, 0.1) is 29.6 Å². The van der Waals surface area contributed by atoms with Gasteiger partial charge in [0.25, 0.3) is 5.91 Å². The fourth-order valence-corrected chi connectivity index (χ4v) is 5.74. The molecule has 3 fully saturated rings. The zero-order valence-electron chi connectivity index (χ0n) is 18.3. The molecule has 3 amide bonds. The smallest absolute Gasteiger partial charge is 0.330 e. The number of benzene rings is 1. The lowest BCUT2D eigenvalue weighted by Crippen LogP contribution is -2.50. The zero-order chi connectivity index (χ0) is 23.2. The van der Waals surface area contributed by atoms with Crippen LogP contribution in [0.3, 0.4) is 0 Å². The molecule has 9 heteroatoms. The summed E-state index contributed by atoms with van der Waals surface area (Å²) in [5, 5.41) is 3.00. The minimum Gasteiger partial charge on any atom is -0.495 e. The van der Waals surface area contributed by atoms with E-state index in [1.54, 1.807) is 26.0 Å². The Morgan fingerprint density at radius 2 is 1.78 bits per heavy atom. The van der Waals surface area contributed by atoms with E-state index in [4.69, 9.17) is 21.1 Å². The summed E-state index contributed by atoms with van der Waals surface area (Å²) in [6.45, 7) is 2.95. The van der Waals surface area contributed by atoms with E-state index in [2.05, 4.69) is 5.32 Å². The molecule has 3 aliphatic rings. The third-order valence-electron chi connectivity index (χ3n) is 6.89. The second-order valence-electron chi connectivity index (χ2n) is 9.12. The molecule has 172 valence electrons. The van der Waals surface area contributed by atoms with E-state index in [0.29, 0.717) is 16.5 Å². The molecular weight excluding hydrogens is 436 g/mol. The summed E-state index contributed by atoms with van der Waals surface area (Å²) in [4.78, 5) is 52.6. The van der Waals surface area contributed by atoms with Gasteiger partial charge < -0.3 is 14.8 Å². The second kappa shape index (κ2) is 8.73. The predicted molar refractivity (Wildman–Crippen MR) is 116 cm³/mol. The van der Waals surface area contributed by atoms with Gasteiger partial charge in [-0.25, -0.2) is 4.79 Å². The van der Waals surface area contributed by atoms with Gasteiger partial charge in [-0.05, 0) is 55.2 Å². The van der Waals surface area contributed by atoms with E-state index in [0.717, 1.165) is 24.2 Å². The van der Waals surface area contributed by atoms with Gasteiger partial charge >= 0.3 is 5.97 Å². The van der Waals surface area contributed by atoms with Gasteiger partial charge in [0.1, 0.15) is 11.8 Å². The van der Waals surface area contributed by atoms with E-state index in [-0.39, 0.29) is 41.4 Å². The quantitative estimate of drug-likeness (QED) is 0.493. The number of hydrogen-bond acceptors (Lipinski definition) is 6. The molecule has 1 aliphatic heterocycles. The highest BCUT2D eigenvalue weighted by atomic mass is 35.5. The Hall–Kier alpha value is -2.61. The number of imide groups is 1. The highest BCUT2D eigenvalue weighted by molar-refractivity contribution is 6.31. The first-order valence-corrected chi connectivity index (χ1v) is 11.3. The van der Waals surface area contributed by atoms with Crippen LogP contribution in [0.15, 0.2) is 18.2 Å². The maximum Gasteiger partial charge on any atom is 0.330 e. The van der Waals surface area contributed by atoms with Crippen LogP contribution in [0.4, 0.5) is 5.69 Å². The SMILES string of the molecule is COc1ccc(Cl)cc1NC(=O)COC(=O)[C@H](C(C)C)N1C(=O)[C@H]2[C@H]3CC[C@@H](C3)[C@@H]2C1=O. The van der Waals surface area contributed by atoms with Gasteiger partial charge in [0, 0.05) is 5.02 Å². The number of hydrogen-bond donors (Lipinski definition) is 1. The fourth-order valence-electron chi connectivity index (χ4n) is 5.57. The number of nitrogens with one attached hydrogen (secondary N) is 1. The van der Waals surface area contributed by atoms with Gasteiger partial charge in [0.05, 0.1) is 24.6 Å². The summed E-state index contributed by atoms with van der Waals surface area (Å²) in [5.74, 6) is -1.98. The van der Waals surface area contributed by atoms with Gasteiger partial charge in [-0.2, -0.15) is 0 Å². The Bertz CT molecular complexity index is 936. The Morgan fingerprint density at radius 1 is 1.16 bits per heavy atom. The normalized spacial score (nSPS) is 27.0. The first kappa shape index (κ1) is 22.6. The van der Waals surface area contributed by atoms with Gasteiger partial charge in [0.15, 0.2) is 6.61 Å². The number of likely N-dealkylation sites (tertiary alicyclic amines) is 1. The summed E-state index contributed by atoms with van der Waals surface area (Å²) in [6.07, 6.45) is 2.84. The number of fused-ring (bicyclic) bond motifs is 5. The number of methoxy groups -OCH3 is 1. The molecular formula is C23H27ClN2O6. The van der Waals surface area contributed by atoms with E-state index < -0.39 is 24.5 Å². The van der Waals surface area contributed by atoms with E-state index >= 15 is 0 Å². The molecule has 1 saturated heterocycles. The van der Waals surface area contributed by atoms with E-state index in [1.165, 1.54) is 13.2 Å². The fraction of sp³-hybridized carbons (Fsp3) is 0.565. The van der Waals surface area contributed by atoms with Crippen LogP contribution < -0.4 is 10.1 Å². The highest BCUT2D eigenvalue weighted by Gasteiger charge is 2.62. The number of ether oxygens (including phenoxy) is 2. The van der Waals surface area contributed by atoms with Crippen LogP contribution in [-0.2, 0) is 23.9 Å². The van der Waals surface area contributed by atoms with Crippen molar-refractivity contribution >= 4 is 41.0 Å². The molecule has 0 aromatic heterocycles. The lowest BCUT2D eigenvalue weighted by Gasteiger charge is -2.28. The lowest BCUT2D eigenvalue weighted by molar-refractivity contribution is -0.162. The standard InChI is InChI=1S/C23H27ClN2O6/c1-11(2)20(26-21(28)18-12-4-5-13(8-12)19(18)22(26)29)23(30)32-10-17(27)25-15-9-14(24)6-7-16(15)31-3/h6-7,9,11-13,18-20H,4-5,8,10H2,1-3H3,(H,25,27)/t12-,13-,18-,19-,20-/m0/s1. The number of esters is 1. The first-order chi connectivity index (χ1) is 15.2. The van der Waals surface area contributed by atoms with Gasteiger partial charge in [0.2, 0.25) is 11.8 Å². The Morgan fingerprint density at radius 3 is 2.34 bits per heavy atom. The highest BCUT2D eigenvalue weighted by Crippen LogP contribution is 2.56. The first-order valence-electron chi connectivity index (χ1n) is 10.9. The minimum atomic E-state index is -1.05. The van der Waals surface area contributed by atoms with Crippen LogP contribution in [0.25, 0.3) is 0 Å². The number of carbonyl (C=O) groups excluding carboxylic acids is 4. The molecule has 2 aliphatic carbocycles. The minimum absolute atomic E-state index is 0.230. The van der Waals surface area contributed by atoms with E-state index in [9.17, 15) is 19.2 Å². The molecule has 1 heterocycles. The van der Waals surface area contributed by atoms with Crippen molar-refractivity contribution < 1.29 is 28.7 Å². The summed E-state index contributed by atoms with van der Waals surface area (Å²) in [7, 11) is 1.46. The number of halogens is 1. The maximum absolute atomic E-state index is 13.1. The van der Waals surface area contributed by atoms with Crippen LogP contribution in [0.2, 0.25) is 5.02 Å². The molecule has 0 unspecified atom stereocenters. The summed E-state index contributed by atoms with van der Waals surface area (Å²) in [6, 6.07) is 3.70. The monoisotopic (exact) mass is 462 g/mol. The topological polar surface area (TPSA) is 102 Å². The largest absolute Gasteiger partial charge is 0.495 e. The van der Waals surface area contributed by atoms with Crippen LogP contribution in [0.1, 0.15) is 33.1 Å². The molecule has 8 nitrogen and oxygen atoms in total. The van der Waals surface area contributed by atoms with Gasteiger partial charge in [-0.15, -0.1) is 0 Å². The Kier molecular flexibility index (Phi) is 6.16. The molecule has 32 heavy (non-hydrogen) atoms. The molecule has 4 rings (SSSR count). The van der Waals surface area contributed by atoms with Crippen molar-refractivity contribution in [3.63, 3.8) is 0 Å². The summed E-state index contributed by atoms with van der Waals surface area (Å²) < 4.78 is 10.4. The van der Waals surface area contributed by atoms with Crippen molar-refractivity contribution in [2.45, 2.75) is 39.2 Å². The van der Waals surface area contributed by atoms with Gasteiger partial charge in [-0.3, -0.25) is 19.3 Å². The average molecular weight is 463 g/mol.